The Kier molecular flexibility index (Phi) is 13.8. The van der Waals surface area contributed by atoms with Gasteiger partial charge in [0, 0.05) is 37.2 Å². The third kappa shape index (κ3) is 12.5. The summed E-state index contributed by atoms with van der Waals surface area (Å²) in [5, 5.41) is 38.0. The fourth-order valence-electron chi connectivity index (χ4n) is 5.17. The van der Waals surface area contributed by atoms with Crippen molar-refractivity contribution in [1.29, 1.82) is 0 Å². The van der Waals surface area contributed by atoms with E-state index in [1.54, 1.807) is 0 Å². The third-order valence-electron chi connectivity index (χ3n) is 8.04. The van der Waals surface area contributed by atoms with Gasteiger partial charge in [-0.2, -0.15) is 0 Å². The minimum absolute atomic E-state index is 0.0199. The Bertz CT molecular complexity index is 1210. The van der Waals surface area contributed by atoms with Crippen LogP contribution in [0.4, 0.5) is 10.5 Å². The van der Waals surface area contributed by atoms with Gasteiger partial charge in [-0.3, -0.25) is 14.4 Å². The van der Waals surface area contributed by atoms with E-state index in [2.05, 4.69) is 44.0 Å². The second-order valence-electron chi connectivity index (χ2n) is 11.6. The van der Waals surface area contributed by atoms with Crippen LogP contribution in [0.5, 0.6) is 0 Å². The quantitative estimate of drug-likeness (QED) is 0.0718. The van der Waals surface area contributed by atoms with Crippen LogP contribution in [0.25, 0.3) is 0 Å². The molecule has 0 heterocycles. The van der Waals surface area contributed by atoms with Crippen LogP contribution in [0.15, 0.2) is 24.3 Å². The van der Waals surface area contributed by atoms with E-state index in [0.717, 1.165) is 50.3 Å². The van der Waals surface area contributed by atoms with Gasteiger partial charge in [-0.1, -0.05) is 25.0 Å². The first kappa shape index (κ1) is 35.5. The Morgan fingerprint density at radius 3 is 2.16 bits per heavy atom. The number of rotatable bonds is 20. The molecule has 0 aliphatic heterocycles. The molecule has 0 spiro atoms. The second-order valence-corrected chi connectivity index (χ2v) is 12.0. The molecule has 0 bridgehead atoms. The highest BCUT2D eigenvalue weighted by Gasteiger charge is 2.62. The van der Waals surface area contributed by atoms with E-state index in [-0.39, 0.29) is 25.3 Å². The number of hydrogen-bond donors (Lipinski definition) is 9. The lowest BCUT2D eigenvalue weighted by Gasteiger charge is -2.16. The van der Waals surface area contributed by atoms with E-state index < -0.39 is 41.9 Å². The molecule has 2 aliphatic carbocycles. The number of hydrogen-bond acceptors (Lipinski definition) is 7. The van der Waals surface area contributed by atoms with Gasteiger partial charge in [0.05, 0.1) is 6.54 Å². The molecular formula is C30H45N7O7S. The van der Waals surface area contributed by atoms with E-state index in [1.165, 1.54) is 18.4 Å². The molecular weight excluding hydrogens is 602 g/mol. The molecule has 2 saturated carbocycles. The molecule has 0 aromatic heterocycles. The van der Waals surface area contributed by atoms with Gasteiger partial charge in [0.1, 0.15) is 12.1 Å². The Balaban J connectivity index is 1.18. The van der Waals surface area contributed by atoms with Gasteiger partial charge in [0.15, 0.2) is 5.11 Å². The summed E-state index contributed by atoms with van der Waals surface area (Å²) in [5.74, 6) is -3.34. The van der Waals surface area contributed by atoms with Crippen LogP contribution < -0.4 is 37.2 Å². The van der Waals surface area contributed by atoms with Crippen LogP contribution in [0.1, 0.15) is 56.9 Å². The zero-order valence-corrected chi connectivity index (χ0v) is 26.4. The molecule has 1 aromatic carbocycles. The average Bonchev–Trinajstić information content (AvgIpc) is 3.93. The van der Waals surface area contributed by atoms with Crippen LogP contribution in [-0.4, -0.2) is 89.9 Å². The maximum atomic E-state index is 12.2. The number of thiocarbonyl (C=S) groups is 1. The number of carbonyl (C=O) groups excluding carboxylic acids is 3. The van der Waals surface area contributed by atoms with Gasteiger partial charge in [-0.25, -0.2) is 9.59 Å². The van der Waals surface area contributed by atoms with Crippen molar-refractivity contribution in [1.82, 2.24) is 31.9 Å². The number of unbranched alkanes of at least 4 members (excludes halogenated alkanes) is 3. The minimum atomic E-state index is -1.64. The zero-order valence-electron chi connectivity index (χ0n) is 25.6. The highest BCUT2D eigenvalue weighted by atomic mass is 32.1. The molecule has 2 aliphatic rings. The summed E-state index contributed by atoms with van der Waals surface area (Å²) in [6.07, 6.45) is 7.06. The van der Waals surface area contributed by atoms with Crippen LogP contribution in [-0.2, 0) is 25.6 Å². The van der Waals surface area contributed by atoms with Crippen molar-refractivity contribution in [2.24, 2.45) is 11.8 Å². The third-order valence-corrected chi connectivity index (χ3v) is 8.29. The summed E-state index contributed by atoms with van der Waals surface area (Å²) in [6.45, 7) is 0.292. The fraction of sp³-hybridized carbons (Fsp3) is 0.600. The average molecular weight is 648 g/mol. The van der Waals surface area contributed by atoms with Gasteiger partial charge in [-0.05, 0) is 81.4 Å². The maximum absolute atomic E-state index is 12.2. The van der Waals surface area contributed by atoms with Gasteiger partial charge < -0.3 is 47.4 Å². The lowest BCUT2D eigenvalue weighted by molar-refractivity contribution is -0.141. The highest BCUT2D eigenvalue weighted by Crippen LogP contribution is 2.46. The second kappa shape index (κ2) is 17.5. The fourth-order valence-corrected chi connectivity index (χ4v) is 5.39. The first-order chi connectivity index (χ1) is 21.5. The standard InChI is InChI=1S/C30H45N7O7S/c1-31-23(20-8-9-20)14-19-6-10-22(11-7-19)36-29(45)33-13-5-3-2-4-12-32-25(39)17-34-24(38)15-21-16-30(21,27(42)43)37-28(44)35-18-26(40)41/h6-7,10-11,20-21,23,31H,2-5,8-9,12-18H2,1H3,(H,32,39)(H,34,38)(H,40,41)(H,42,43)(H2,33,36,45)(H2,35,37,44). The maximum Gasteiger partial charge on any atom is 0.329 e. The van der Waals surface area contributed by atoms with Crippen LogP contribution >= 0.6 is 12.2 Å². The number of benzene rings is 1. The Morgan fingerprint density at radius 1 is 0.889 bits per heavy atom. The highest BCUT2D eigenvalue weighted by molar-refractivity contribution is 7.80. The normalized spacial score (nSPS) is 19.0. The van der Waals surface area contributed by atoms with Crippen molar-refractivity contribution < 1.29 is 34.2 Å². The lowest BCUT2D eigenvalue weighted by atomic mass is 10.0. The van der Waals surface area contributed by atoms with E-state index in [1.807, 2.05) is 24.5 Å². The number of urea groups is 1. The SMILES string of the molecule is CNC(Cc1ccc(NC(=S)NCCCCCCNC(=O)CNC(=O)CC2CC2(NC(=O)NCC(=O)O)C(=O)O)cc1)C1CC1. The summed E-state index contributed by atoms with van der Waals surface area (Å²) in [5.41, 5.74) is 0.618. The van der Waals surface area contributed by atoms with Crippen molar-refractivity contribution in [3.8, 4) is 0 Å². The summed E-state index contributed by atoms with van der Waals surface area (Å²) in [4.78, 5) is 58.2. The van der Waals surface area contributed by atoms with Gasteiger partial charge in [0.25, 0.3) is 0 Å². The zero-order chi connectivity index (χ0) is 32.8. The van der Waals surface area contributed by atoms with Crippen LogP contribution in [0.3, 0.4) is 0 Å². The molecule has 3 rings (SSSR count). The topological polar surface area (TPSA) is 210 Å². The van der Waals surface area contributed by atoms with Gasteiger partial charge in [-0.15, -0.1) is 0 Å². The number of likely N-dealkylation sites (N-methyl/N-ethyl adjacent to an activating group) is 1. The summed E-state index contributed by atoms with van der Waals surface area (Å²) >= 11 is 5.40. The molecule has 4 amide bonds. The molecule has 9 N–H and O–H groups in total. The molecule has 0 saturated heterocycles. The molecule has 3 atom stereocenters. The number of aliphatic carboxylic acids is 2. The smallest absolute Gasteiger partial charge is 0.329 e. The molecule has 0 radical (unpaired) electrons. The summed E-state index contributed by atoms with van der Waals surface area (Å²) in [6, 6.07) is 7.97. The van der Waals surface area contributed by atoms with Crippen molar-refractivity contribution in [2.45, 2.75) is 69.4 Å². The Labute approximate surface area is 268 Å². The molecule has 3 unspecified atom stereocenters. The number of nitrogens with one attached hydrogen (secondary N) is 7. The van der Waals surface area contributed by atoms with Gasteiger partial charge >= 0.3 is 18.0 Å². The minimum Gasteiger partial charge on any atom is -0.480 e. The number of carboxylic acid groups (broad SMARTS) is 2. The Morgan fingerprint density at radius 2 is 1.56 bits per heavy atom. The van der Waals surface area contributed by atoms with E-state index in [9.17, 15) is 29.1 Å². The molecule has 45 heavy (non-hydrogen) atoms. The van der Waals surface area contributed by atoms with Crippen molar-refractivity contribution >= 4 is 52.8 Å². The summed E-state index contributed by atoms with van der Waals surface area (Å²) < 4.78 is 0. The predicted octanol–water partition coefficient (Wildman–Crippen LogP) is 0.924. The first-order valence-corrected chi connectivity index (χ1v) is 15.8. The molecule has 2 fully saturated rings. The van der Waals surface area contributed by atoms with Crippen LogP contribution in [0.2, 0.25) is 0 Å². The van der Waals surface area contributed by atoms with Crippen molar-refractivity contribution in [2.75, 3.05) is 38.5 Å². The number of amides is 4. The van der Waals surface area contributed by atoms with Crippen molar-refractivity contribution in [3.05, 3.63) is 29.8 Å². The number of anilines is 1. The molecule has 248 valence electrons. The monoisotopic (exact) mass is 647 g/mol. The molecule has 15 heteroatoms. The Hall–Kier alpha value is -3.98. The van der Waals surface area contributed by atoms with E-state index in [0.29, 0.717) is 17.7 Å². The van der Waals surface area contributed by atoms with E-state index in [4.69, 9.17) is 17.3 Å². The molecule has 14 nitrogen and oxygen atoms in total. The lowest BCUT2D eigenvalue weighted by Crippen LogP contribution is -2.50. The summed E-state index contributed by atoms with van der Waals surface area (Å²) in [7, 11) is 2.03. The number of carboxylic acids is 2. The number of carbonyl (C=O) groups is 5. The van der Waals surface area contributed by atoms with E-state index >= 15 is 0 Å². The first-order valence-electron chi connectivity index (χ1n) is 15.4. The van der Waals surface area contributed by atoms with Gasteiger partial charge in [0.2, 0.25) is 11.8 Å². The predicted molar refractivity (Wildman–Crippen MR) is 172 cm³/mol. The largest absolute Gasteiger partial charge is 0.480 e. The molecule has 1 aromatic rings. The van der Waals surface area contributed by atoms with Crippen molar-refractivity contribution in [3.63, 3.8) is 0 Å². The van der Waals surface area contributed by atoms with Crippen LogP contribution in [0, 0.1) is 11.8 Å².